The van der Waals surface area contributed by atoms with E-state index in [1.165, 1.54) is 25.0 Å². The standard InChI is InChI=1S/C12H15ClN2O2/c1-8-4-10(5-8)14-7-9-2-3-11(15(16)17)6-12(9)13/h2-3,6,8,10,14H,4-5,7H2,1H3. The number of nitrogens with zero attached hydrogens (tertiary/aromatic N) is 1. The molecule has 1 aliphatic carbocycles. The Kier molecular flexibility index (Phi) is 3.64. The van der Waals surface area contributed by atoms with Gasteiger partial charge in [0.15, 0.2) is 0 Å². The van der Waals surface area contributed by atoms with Crippen LogP contribution in [0.3, 0.4) is 0 Å². The molecule has 0 aliphatic heterocycles. The minimum absolute atomic E-state index is 0.0380. The number of rotatable bonds is 4. The Labute approximate surface area is 105 Å². The Morgan fingerprint density at radius 3 is 2.76 bits per heavy atom. The van der Waals surface area contributed by atoms with Crippen LogP contribution in [0.25, 0.3) is 0 Å². The van der Waals surface area contributed by atoms with E-state index in [-0.39, 0.29) is 5.69 Å². The van der Waals surface area contributed by atoms with Gasteiger partial charge in [-0.25, -0.2) is 0 Å². The van der Waals surface area contributed by atoms with Crippen LogP contribution in [0.15, 0.2) is 18.2 Å². The second-order valence-electron chi connectivity index (χ2n) is 4.69. The van der Waals surface area contributed by atoms with E-state index in [4.69, 9.17) is 11.6 Å². The molecule has 1 fully saturated rings. The van der Waals surface area contributed by atoms with Crippen molar-refractivity contribution < 1.29 is 4.92 Å². The molecule has 0 heterocycles. The number of nitro groups is 1. The third-order valence-corrected chi connectivity index (χ3v) is 3.55. The van der Waals surface area contributed by atoms with Crippen LogP contribution in [-0.4, -0.2) is 11.0 Å². The fourth-order valence-corrected chi connectivity index (χ4v) is 2.36. The van der Waals surface area contributed by atoms with Gasteiger partial charge in [0.2, 0.25) is 0 Å². The first-order valence-electron chi connectivity index (χ1n) is 5.72. The van der Waals surface area contributed by atoms with Gasteiger partial charge in [-0.05, 0) is 30.4 Å². The number of nitrogens with one attached hydrogen (secondary N) is 1. The predicted molar refractivity (Wildman–Crippen MR) is 67.1 cm³/mol. The molecule has 1 N–H and O–H groups in total. The fourth-order valence-electron chi connectivity index (χ4n) is 2.12. The molecule has 1 aromatic rings. The van der Waals surface area contributed by atoms with Crippen molar-refractivity contribution in [3.8, 4) is 0 Å². The van der Waals surface area contributed by atoms with Crippen molar-refractivity contribution in [3.05, 3.63) is 38.9 Å². The van der Waals surface area contributed by atoms with E-state index in [0.29, 0.717) is 17.6 Å². The number of benzene rings is 1. The Balaban J connectivity index is 1.94. The van der Waals surface area contributed by atoms with Crippen LogP contribution in [-0.2, 0) is 6.54 Å². The summed E-state index contributed by atoms with van der Waals surface area (Å²) >= 11 is 6.00. The van der Waals surface area contributed by atoms with Gasteiger partial charge in [-0.3, -0.25) is 10.1 Å². The van der Waals surface area contributed by atoms with Crippen LogP contribution < -0.4 is 5.32 Å². The minimum atomic E-state index is -0.434. The number of hydrogen-bond acceptors (Lipinski definition) is 3. The Hall–Kier alpha value is -1.13. The summed E-state index contributed by atoms with van der Waals surface area (Å²) in [6.45, 7) is 2.91. The molecule has 0 amide bonds. The van der Waals surface area contributed by atoms with Gasteiger partial charge < -0.3 is 5.32 Å². The highest BCUT2D eigenvalue weighted by atomic mass is 35.5. The van der Waals surface area contributed by atoms with E-state index in [9.17, 15) is 10.1 Å². The second-order valence-corrected chi connectivity index (χ2v) is 5.09. The van der Waals surface area contributed by atoms with Crippen LogP contribution >= 0.6 is 11.6 Å². The van der Waals surface area contributed by atoms with Gasteiger partial charge in [-0.15, -0.1) is 0 Å². The SMILES string of the molecule is CC1CC(NCc2ccc([N+](=O)[O-])cc2Cl)C1. The maximum absolute atomic E-state index is 10.6. The molecule has 5 heteroatoms. The molecule has 4 nitrogen and oxygen atoms in total. The quantitative estimate of drug-likeness (QED) is 0.663. The van der Waals surface area contributed by atoms with Gasteiger partial charge in [0.25, 0.3) is 5.69 Å². The van der Waals surface area contributed by atoms with E-state index >= 15 is 0 Å². The average Bonchev–Trinajstić information content (AvgIpc) is 2.24. The van der Waals surface area contributed by atoms with Gasteiger partial charge in [0.1, 0.15) is 0 Å². The molecule has 0 saturated heterocycles. The lowest BCUT2D eigenvalue weighted by atomic mass is 9.82. The van der Waals surface area contributed by atoms with E-state index in [2.05, 4.69) is 12.2 Å². The largest absolute Gasteiger partial charge is 0.310 e. The van der Waals surface area contributed by atoms with Crippen molar-refractivity contribution in [3.63, 3.8) is 0 Å². The fraction of sp³-hybridized carbons (Fsp3) is 0.500. The van der Waals surface area contributed by atoms with E-state index in [1.807, 2.05) is 0 Å². The minimum Gasteiger partial charge on any atom is -0.310 e. The summed E-state index contributed by atoms with van der Waals surface area (Å²) in [4.78, 5) is 10.1. The molecule has 1 aliphatic rings. The summed E-state index contributed by atoms with van der Waals surface area (Å²) in [5, 5.41) is 14.4. The smallest absolute Gasteiger partial charge is 0.270 e. The summed E-state index contributed by atoms with van der Waals surface area (Å²) < 4.78 is 0. The van der Waals surface area contributed by atoms with Gasteiger partial charge in [-0.1, -0.05) is 18.5 Å². The Morgan fingerprint density at radius 2 is 2.24 bits per heavy atom. The summed E-state index contributed by atoms with van der Waals surface area (Å²) in [5.74, 6) is 0.805. The zero-order chi connectivity index (χ0) is 12.4. The van der Waals surface area contributed by atoms with Crippen molar-refractivity contribution in [1.29, 1.82) is 0 Å². The first kappa shape index (κ1) is 12.3. The monoisotopic (exact) mass is 254 g/mol. The molecule has 0 spiro atoms. The van der Waals surface area contributed by atoms with Crippen LogP contribution in [0, 0.1) is 16.0 Å². The van der Waals surface area contributed by atoms with Crippen molar-refractivity contribution in [2.45, 2.75) is 32.4 Å². The molecule has 2 rings (SSSR count). The molecule has 1 aromatic carbocycles. The summed E-state index contributed by atoms with van der Waals surface area (Å²) in [7, 11) is 0. The van der Waals surface area contributed by atoms with Gasteiger partial charge in [0, 0.05) is 24.7 Å². The first-order valence-corrected chi connectivity index (χ1v) is 6.10. The molecule has 0 radical (unpaired) electrons. The van der Waals surface area contributed by atoms with Gasteiger partial charge in [-0.2, -0.15) is 0 Å². The zero-order valence-corrected chi connectivity index (χ0v) is 10.4. The second kappa shape index (κ2) is 5.02. The average molecular weight is 255 g/mol. The molecule has 0 unspecified atom stereocenters. The Morgan fingerprint density at radius 1 is 1.53 bits per heavy atom. The first-order chi connectivity index (χ1) is 8.06. The van der Waals surface area contributed by atoms with Crippen LogP contribution in [0.2, 0.25) is 5.02 Å². The molecule has 17 heavy (non-hydrogen) atoms. The lowest BCUT2D eigenvalue weighted by Crippen LogP contribution is -2.39. The molecule has 0 aromatic heterocycles. The van der Waals surface area contributed by atoms with E-state index in [0.717, 1.165) is 11.5 Å². The van der Waals surface area contributed by atoms with E-state index < -0.39 is 4.92 Å². The molecule has 92 valence electrons. The summed E-state index contributed by atoms with van der Waals surface area (Å²) in [5.41, 5.74) is 0.952. The predicted octanol–water partition coefficient (Wildman–Crippen LogP) is 3.14. The lowest BCUT2D eigenvalue weighted by molar-refractivity contribution is -0.384. The van der Waals surface area contributed by atoms with Gasteiger partial charge >= 0.3 is 0 Å². The number of halogens is 1. The Bertz CT molecular complexity index is 431. The van der Waals surface area contributed by atoms with Crippen molar-refractivity contribution in [1.82, 2.24) is 5.32 Å². The van der Waals surface area contributed by atoms with Gasteiger partial charge in [0.05, 0.1) is 9.95 Å². The molecule has 0 bridgehead atoms. The highest BCUT2D eigenvalue weighted by molar-refractivity contribution is 6.31. The summed E-state index contributed by atoms with van der Waals surface area (Å²) in [6.07, 6.45) is 2.40. The third kappa shape index (κ3) is 2.96. The molecular weight excluding hydrogens is 240 g/mol. The topological polar surface area (TPSA) is 55.2 Å². The highest BCUT2D eigenvalue weighted by Crippen LogP contribution is 2.27. The molecule has 1 saturated carbocycles. The maximum Gasteiger partial charge on any atom is 0.270 e. The normalized spacial score (nSPS) is 23.2. The van der Waals surface area contributed by atoms with Crippen molar-refractivity contribution >= 4 is 17.3 Å². The van der Waals surface area contributed by atoms with Crippen LogP contribution in [0.5, 0.6) is 0 Å². The zero-order valence-electron chi connectivity index (χ0n) is 9.65. The number of non-ortho nitro benzene ring substituents is 1. The highest BCUT2D eigenvalue weighted by Gasteiger charge is 2.24. The van der Waals surface area contributed by atoms with Crippen molar-refractivity contribution in [2.75, 3.05) is 0 Å². The van der Waals surface area contributed by atoms with Crippen LogP contribution in [0.4, 0.5) is 5.69 Å². The maximum atomic E-state index is 10.6. The molecule has 0 atom stereocenters. The van der Waals surface area contributed by atoms with E-state index in [1.54, 1.807) is 6.07 Å². The molecular formula is C12H15ClN2O2. The lowest BCUT2D eigenvalue weighted by Gasteiger charge is -2.33. The third-order valence-electron chi connectivity index (χ3n) is 3.20. The number of hydrogen-bond donors (Lipinski definition) is 1. The number of nitro benzene ring substituents is 1. The van der Waals surface area contributed by atoms with Crippen molar-refractivity contribution in [2.24, 2.45) is 5.92 Å². The summed E-state index contributed by atoms with van der Waals surface area (Å²) in [6, 6.07) is 5.18. The van der Waals surface area contributed by atoms with Crippen LogP contribution in [0.1, 0.15) is 25.3 Å².